The molecule has 20 heavy (non-hydrogen) atoms. The highest BCUT2D eigenvalue weighted by atomic mass is 32.2. The van der Waals surface area contributed by atoms with Crippen LogP contribution < -0.4 is 11.1 Å². The summed E-state index contributed by atoms with van der Waals surface area (Å²) in [6.45, 7) is 0.755. The topological polar surface area (TPSA) is 58.4 Å². The fourth-order valence-corrected chi connectivity index (χ4v) is 2.43. The Morgan fingerprint density at radius 2 is 2.00 bits per heavy atom. The SMILES string of the molecule is CSCC[C@@H](N)C(=O)NC(CN(C)C)c1ccccc1. The molecule has 0 saturated carbocycles. The van der Waals surface area contributed by atoms with Crippen LogP contribution in [0.4, 0.5) is 0 Å². The van der Waals surface area contributed by atoms with Crippen molar-refractivity contribution >= 4 is 17.7 Å². The van der Waals surface area contributed by atoms with Gasteiger partial charge in [-0.15, -0.1) is 0 Å². The van der Waals surface area contributed by atoms with Crippen LogP contribution >= 0.6 is 11.8 Å². The second-order valence-electron chi connectivity index (χ2n) is 5.12. The van der Waals surface area contributed by atoms with Crippen molar-refractivity contribution in [3.8, 4) is 0 Å². The van der Waals surface area contributed by atoms with Gasteiger partial charge in [-0.2, -0.15) is 11.8 Å². The van der Waals surface area contributed by atoms with Crippen molar-refractivity contribution in [3.63, 3.8) is 0 Å². The third-order valence-corrected chi connectivity index (χ3v) is 3.68. The first kappa shape index (κ1) is 17.0. The van der Waals surface area contributed by atoms with Crippen molar-refractivity contribution < 1.29 is 4.79 Å². The lowest BCUT2D eigenvalue weighted by molar-refractivity contribution is -0.123. The van der Waals surface area contributed by atoms with Crippen molar-refractivity contribution in [2.45, 2.75) is 18.5 Å². The third kappa shape index (κ3) is 5.94. The molecule has 0 aliphatic heterocycles. The van der Waals surface area contributed by atoms with Gasteiger partial charge in [0.05, 0.1) is 12.1 Å². The van der Waals surface area contributed by atoms with E-state index >= 15 is 0 Å². The van der Waals surface area contributed by atoms with Gasteiger partial charge in [-0.25, -0.2) is 0 Å². The summed E-state index contributed by atoms with van der Waals surface area (Å²) >= 11 is 1.71. The zero-order valence-corrected chi connectivity index (χ0v) is 13.3. The molecule has 0 aliphatic rings. The number of hydrogen-bond donors (Lipinski definition) is 2. The number of nitrogens with zero attached hydrogens (tertiary/aromatic N) is 1. The van der Waals surface area contributed by atoms with Crippen molar-refractivity contribution in [1.29, 1.82) is 0 Å². The Bertz CT molecular complexity index is 397. The van der Waals surface area contributed by atoms with Crippen LogP contribution in [0.5, 0.6) is 0 Å². The summed E-state index contributed by atoms with van der Waals surface area (Å²) in [5, 5.41) is 3.06. The van der Waals surface area contributed by atoms with E-state index in [1.165, 1.54) is 0 Å². The molecule has 0 fully saturated rings. The molecule has 0 spiro atoms. The summed E-state index contributed by atoms with van der Waals surface area (Å²) in [5.74, 6) is 0.827. The van der Waals surface area contributed by atoms with Gasteiger partial charge in [0.15, 0.2) is 0 Å². The lowest BCUT2D eigenvalue weighted by atomic mass is 10.1. The van der Waals surface area contributed by atoms with E-state index in [0.717, 1.165) is 17.9 Å². The molecule has 0 bridgehead atoms. The van der Waals surface area contributed by atoms with Gasteiger partial charge < -0.3 is 16.0 Å². The van der Waals surface area contributed by atoms with E-state index in [1.54, 1.807) is 11.8 Å². The summed E-state index contributed by atoms with van der Waals surface area (Å²) in [7, 11) is 3.99. The summed E-state index contributed by atoms with van der Waals surface area (Å²) in [6.07, 6.45) is 2.72. The highest BCUT2D eigenvalue weighted by molar-refractivity contribution is 7.98. The van der Waals surface area contributed by atoms with Crippen LogP contribution in [0, 0.1) is 0 Å². The Hall–Kier alpha value is -1.04. The van der Waals surface area contributed by atoms with Gasteiger partial charge in [-0.05, 0) is 38.1 Å². The lowest BCUT2D eigenvalue weighted by Crippen LogP contribution is -2.44. The third-order valence-electron chi connectivity index (χ3n) is 3.04. The summed E-state index contributed by atoms with van der Waals surface area (Å²) < 4.78 is 0. The number of thioether (sulfide) groups is 1. The molecule has 0 aromatic heterocycles. The van der Waals surface area contributed by atoms with Gasteiger partial charge in [-0.1, -0.05) is 30.3 Å². The van der Waals surface area contributed by atoms with Crippen LogP contribution in [-0.2, 0) is 4.79 Å². The van der Waals surface area contributed by atoms with E-state index in [0.29, 0.717) is 6.42 Å². The number of hydrogen-bond acceptors (Lipinski definition) is 4. The molecule has 2 atom stereocenters. The fourth-order valence-electron chi connectivity index (χ4n) is 1.94. The number of nitrogens with one attached hydrogen (secondary N) is 1. The van der Waals surface area contributed by atoms with Crippen LogP contribution in [0.25, 0.3) is 0 Å². The van der Waals surface area contributed by atoms with E-state index in [-0.39, 0.29) is 11.9 Å². The number of amides is 1. The predicted molar refractivity (Wildman–Crippen MR) is 86.9 cm³/mol. The van der Waals surface area contributed by atoms with Gasteiger partial charge in [0.2, 0.25) is 5.91 Å². The van der Waals surface area contributed by atoms with Crippen LogP contribution in [-0.4, -0.2) is 49.5 Å². The number of rotatable bonds is 8. The van der Waals surface area contributed by atoms with Crippen LogP contribution in [0.15, 0.2) is 30.3 Å². The Balaban J connectivity index is 2.68. The predicted octanol–water partition coefficient (Wildman–Crippen LogP) is 1.49. The summed E-state index contributed by atoms with van der Waals surface area (Å²) in [6, 6.07) is 9.54. The molecule has 1 rings (SSSR count). The highest BCUT2D eigenvalue weighted by Crippen LogP contribution is 2.13. The van der Waals surface area contributed by atoms with E-state index < -0.39 is 6.04 Å². The van der Waals surface area contributed by atoms with Crippen molar-refractivity contribution in [2.24, 2.45) is 5.73 Å². The van der Waals surface area contributed by atoms with E-state index in [1.807, 2.05) is 50.7 Å². The summed E-state index contributed by atoms with van der Waals surface area (Å²) in [4.78, 5) is 14.2. The van der Waals surface area contributed by atoms with Crippen LogP contribution in [0.3, 0.4) is 0 Å². The van der Waals surface area contributed by atoms with E-state index in [9.17, 15) is 4.79 Å². The number of likely N-dealkylation sites (N-methyl/N-ethyl adjacent to an activating group) is 1. The standard InChI is InChI=1S/C15H25N3OS/c1-18(2)11-14(12-7-5-4-6-8-12)17-15(19)13(16)9-10-20-3/h4-8,13-14H,9-11,16H2,1-3H3,(H,17,19)/t13-,14?/m1/s1. The minimum Gasteiger partial charge on any atom is -0.347 e. The number of nitrogens with two attached hydrogens (primary N) is 1. The van der Waals surface area contributed by atoms with Crippen molar-refractivity contribution in [3.05, 3.63) is 35.9 Å². The first-order valence-electron chi connectivity index (χ1n) is 6.79. The van der Waals surface area contributed by atoms with Crippen molar-refractivity contribution in [1.82, 2.24) is 10.2 Å². The molecule has 5 heteroatoms. The molecule has 3 N–H and O–H groups in total. The highest BCUT2D eigenvalue weighted by Gasteiger charge is 2.19. The molecule has 0 saturated heterocycles. The molecule has 4 nitrogen and oxygen atoms in total. The minimum absolute atomic E-state index is 0.0287. The quantitative estimate of drug-likeness (QED) is 0.763. The van der Waals surface area contributed by atoms with Crippen molar-refractivity contribution in [2.75, 3.05) is 32.6 Å². The van der Waals surface area contributed by atoms with Gasteiger partial charge in [-0.3, -0.25) is 4.79 Å². The maximum atomic E-state index is 12.2. The lowest BCUT2D eigenvalue weighted by Gasteiger charge is -2.24. The second-order valence-corrected chi connectivity index (χ2v) is 6.11. The molecular weight excluding hydrogens is 270 g/mol. The zero-order valence-electron chi connectivity index (χ0n) is 12.5. The molecule has 1 amide bonds. The van der Waals surface area contributed by atoms with Gasteiger partial charge in [0, 0.05) is 6.54 Å². The average molecular weight is 295 g/mol. The number of carbonyl (C=O) groups is 1. The Kier molecular flexibility index (Phi) is 7.65. The maximum absolute atomic E-state index is 12.2. The zero-order chi connectivity index (χ0) is 15.0. The monoisotopic (exact) mass is 295 g/mol. The molecule has 1 unspecified atom stereocenters. The van der Waals surface area contributed by atoms with Crippen LogP contribution in [0.1, 0.15) is 18.0 Å². The van der Waals surface area contributed by atoms with Gasteiger partial charge in [0.1, 0.15) is 0 Å². The van der Waals surface area contributed by atoms with E-state index in [4.69, 9.17) is 5.73 Å². The molecule has 0 radical (unpaired) electrons. The molecular formula is C15H25N3OS. The normalized spacial score (nSPS) is 14.1. The maximum Gasteiger partial charge on any atom is 0.237 e. The van der Waals surface area contributed by atoms with Gasteiger partial charge in [0.25, 0.3) is 0 Å². The Labute approximate surface area is 126 Å². The molecule has 0 heterocycles. The van der Waals surface area contributed by atoms with E-state index in [2.05, 4.69) is 10.2 Å². The molecule has 1 aromatic rings. The smallest absolute Gasteiger partial charge is 0.237 e. The molecule has 112 valence electrons. The fraction of sp³-hybridized carbons (Fsp3) is 0.533. The average Bonchev–Trinajstić information content (AvgIpc) is 2.44. The number of benzene rings is 1. The largest absolute Gasteiger partial charge is 0.347 e. The summed E-state index contributed by atoms with van der Waals surface area (Å²) in [5.41, 5.74) is 7.02. The Morgan fingerprint density at radius 3 is 2.55 bits per heavy atom. The van der Waals surface area contributed by atoms with Gasteiger partial charge >= 0.3 is 0 Å². The Morgan fingerprint density at radius 1 is 1.35 bits per heavy atom. The molecule has 1 aromatic carbocycles. The second kappa shape index (κ2) is 9.00. The first-order chi connectivity index (χ1) is 9.54. The number of carbonyl (C=O) groups excluding carboxylic acids is 1. The van der Waals surface area contributed by atoms with Crippen LogP contribution in [0.2, 0.25) is 0 Å². The first-order valence-corrected chi connectivity index (χ1v) is 8.18. The molecule has 0 aliphatic carbocycles. The minimum atomic E-state index is -0.434.